The van der Waals surface area contributed by atoms with Crippen molar-refractivity contribution in [2.24, 2.45) is 11.7 Å². The largest absolute Gasteiger partial charge is 0.380 e. The van der Waals surface area contributed by atoms with Gasteiger partial charge in [-0.25, -0.2) is 0 Å². The number of hydrogen-bond acceptors (Lipinski definition) is 3. The molecule has 1 atom stereocenters. The van der Waals surface area contributed by atoms with E-state index in [1.807, 2.05) is 0 Å². The van der Waals surface area contributed by atoms with Gasteiger partial charge in [-0.05, 0) is 30.0 Å². The quantitative estimate of drug-likeness (QED) is 0.741. The molecule has 0 aliphatic heterocycles. The van der Waals surface area contributed by atoms with E-state index in [0.717, 1.165) is 12.5 Å². The van der Waals surface area contributed by atoms with E-state index in [9.17, 15) is 0 Å². The van der Waals surface area contributed by atoms with Crippen LogP contribution < -0.4 is 11.1 Å². The van der Waals surface area contributed by atoms with Crippen molar-refractivity contribution in [2.45, 2.75) is 31.9 Å². The first-order valence-corrected chi connectivity index (χ1v) is 6.84. The van der Waals surface area contributed by atoms with Gasteiger partial charge in [-0.2, -0.15) is 0 Å². The van der Waals surface area contributed by atoms with Crippen molar-refractivity contribution < 1.29 is 4.74 Å². The second kappa shape index (κ2) is 6.88. The third kappa shape index (κ3) is 4.09. The Morgan fingerprint density at radius 2 is 2.28 bits per heavy atom. The third-order valence-electron chi connectivity index (χ3n) is 3.54. The molecule has 3 N–H and O–H groups in total. The molecule has 1 aromatic rings. The van der Waals surface area contributed by atoms with Crippen LogP contribution in [0.15, 0.2) is 24.3 Å². The van der Waals surface area contributed by atoms with Crippen LogP contribution in [0.1, 0.15) is 36.4 Å². The minimum atomic E-state index is 0.264. The molecule has 0 spiro atoms. The Morgan fingerprint density at radius 3 is 2.94 bits per heavy atom. The summed E-state index contributed by atoms with van der Waals surface area (Å²) < 4.78 is 5.17. The molecule has 0 heterocycles. The van der Waals surface area contributed by atoms with Crippen molar-refractivity contribution in [1.82, 2.24) is 5.32 Å². The molecule has 18 heavy (non-hydrogen) atoms. The van der Waals surface area contributed by atoms with Crippen LogP contribution in [-0.2, 0) is 11.3 Å². The lowest BCUT2D eigenvalue weighted by molar-refractivity contribution is 0.185. The van der Waals surface area contributed by atoms with Gasteiger partial charge in [0, 0.05) is 19.7 Å². The molecular formula is C15H24N2O. The second-order valence-electron chi connectivity index (χ2n) is 5.15. The Kier molecular flexibility index (Phi) is 5.17. The summed E-state index contributed by atoms with van der Waals surface area (Å²) in [4.78, 5) is 0. The molecule has 1 aliphatic rings. The minimum absolute atomic E-state index is 0.264. The van der Waals surface area contributed by atoms with Crippen molar-refractivity contribution in [2.75, 3.05) is 20.2 Å². The number of nitrogens with one attached hydrogen (secondary N) is 1. The number of nitrogens with two attached hydrogens (primary N) is 1. The molecule has 1 unspecified atom stereocenters. The highest BCUT2D eigenvalue weighted by Crippen LogP contribution is 2.31. The van der Waals surface area contributed by atoms with Crippen LogP contribution in [0.5, 0.6) is 0 Å². The predicted molar refractivity (Wildman–Crippen MR) is 74.3 cm³/mol. The fraction of sp³-hybridized carbons (Fsp3) is 0.600. The molecule has 0 bridgehead atoms. The van der Waals surface area contributed by atoms with E-state index < -0.39 is 0 Å². The average Bonchev–Trinajstić information content (AvgIpc) is 3.19. The van der Waals surface area contributed by atoms with Crippen molar-refractivity contribution in [3.63, 3.8) is 0 Å². The highest BCUT2D eigenvalue weighted by molar-refractivity contribution is 5.26. The highest BCUT2D eigenvalue weighted by atomic mass is 16.5. The SMILES string of the molecule is COCc1cccc(C(CN)NCCC2CC2)c1. The Labute approximate surface area is 110 Å². The lowest BCUT2D eigenvalue weighted by Gasteiger charge is -2.18. The molecule has 1 aromatic carbocycles. The summed E-state index contributed by atoms with van der Waals surface area (Å²) in [6, 6.07) is 8.76. The number of benzene rings is 1. The van der Waals surface area contributed by atoms with Crippen molar-refractivity contribution in [1.29, 1.82) is 0 Å². The summed E-state index contributed by atoms with van der Waals surface area (Å²) in [7, 11) is 1.72. The molecule has 0 saturated heterocycles. The van der Waals surface area contributed by atoms with E-state index in [0.29, 0.717) is 13.2 Å². The minimum Gasteiger partial charge on any atom is -0.380 e. The van der Waals surface area contributed by atoms with E-state index in [4.69, 9.17) is 10.5 Å². The molecule has 1 fully saturated rings. The Hall–Kier alpha value is -0.900. The second-order valence-corrected chi connectivity index (χ2v) is 5.15. The fourth-order valence-corrected chi connectivity index (χ4v) is 2.27. The summed E-state index contributed by atoms with van der Waals surface area (Å²) in [5.74, 6) is 0.968. The first kappa shape index (κ1) is 13.5. The molecule has 1 aliphatic carbocycles. The van der Waals surface area contributed by atoms with Crippen molar-refractivity contribution in [3.05, 3.63) is 35.4 Å². The van der Waals surface area contributed by atoms with Gasteiger partial charge in [-0.1, -0.05) is 37.1 Å². The lowest BCUT2D eigenvalue weighted by Crippen LogP contribution is -2.29. The van der Waals surface area contributed by atoms with Gasteiger partial charge >= 0.3 is 0 Å². The average molecular weight is 248 g/mol. The van der Waals surface area contributed by atoms with E-state index in [1.54, 1.807) is 7.11 Å². The molecule has 2 rings (SSSR count). The normalized spacial score (nSPS) is 16.8. The van der Waals surface area contributed by atoms with Gasteiger partial charge in [0.2, 0.25) is 0 Å². The smallest absolute Gasteiger partial charge is 0.0713 e. The van der Waals surface area contributed by atoms with Gasteiger partial charge in [0.05, 0.1) is 6.61 Å². The van der Waals surface area contributed by atoms with Crippen LogP contribution in [0.3, 0.4) is 0 Å². The summed E-state index contributed by atoms with van der Waals surface area (Å²) in [6.07, 6.45) is 4.12. The van der Waals surface area contributed by atoms with E-state index in [1.165, 1.54) is 30.4 Å². The van der Waals surface area contributed by atoms with Crippen molar-refractivity contribution in [3.8, 4) is 0 Å². The van der Waals surface area contributed by atoms with Crippen LogP contribution >= 0.6 is 0 Å². The molecule has 1 saturated carbocycles. The van der Waals surface area contributed by atoms with E-state index >= 15 is 0 Å². The molecule has 3 nitrogen and oxygen atoms in total. The fourth-order valence-electron chi connectivity index (χ4n) is 2.27. The van der Waals surface area contributed by atoms with Crippen LogP contribution in [0.2, 0.25) is 0 Å². The molecule has 0 amide bonds. The molecule has 100 valence electrons. The van der Waals surface area contributed by atoms with E-state index in [2.05, 4.69) is 29.6 Å². The van der Waals surface area contributed by atoms with Crippen LogP contribution in [0.25, 0.3) is 0 Å². The highest BCUT2D eigenvalue weighted by Gasteiger charge is 2.20. The maximum Gasteiger partial charge on any atom is 0.0713 e. The van der Waals surface area contributed by atoms with E-state index in [-0.39, 0.29) is 6.04 Å². The predicted octanol–water partition coefficient (Wildman–Crippen LogP) is 2.22. The first-order chi connectivity index (χ1) is 8.83. The summed E-state index contributed by atoms with van der Waals surface area (Å²) in [5, 5.41) is 3.56. The monoisotopic (exact) mass is 248 g/mol. The zero-order valence-electron chi connectivity index (χ0n) is 11.2. The summed E-state index contributed by atoms with van der Waals surface area (Å²) in [5.41, 5.74) is 8.34. The van der Waals surface area contributed by atoms with Crippen LogP contribution in [-0.4, -0.2) is 20.2 Å². The maximum atomic E-state index is 5.87. The summed E-state index contributed by atoms with van der Waals surface area (Å²) in [6.45, 7) is 2.37. The topological polar surface area (TPSA) is 47.3 Å². The van der Waals surface area contributed by atoms with Gasteiger partial charge in [-0.15, -0.1) is 0 Å². The van der Waals surface area contributed by atoms with Gasteiger partial charge in [0.15, 0.2) is 0 Å². The van der Waals surface area contributed by atoms with Gasteiger partial charge in [0.1, 0.15) is 0 Å². The molecule has 3 heteroatoms. The molecule has 0 radical (unpaired) electrons. The first-order valence-electron chi connectivity index (χ1n) is 6.84. The van der Waals surface area contributed by atoms with Gasteiger partial charge < -0.3 is 15.8 Å². The van der Waals surface area contributed by atoms with Gasteiger partial charge in [0.25, 0.3) is 0 Å². The van der Waals surface area contributed by atoms with Crippen LogP contribution in [0, 0.1) is 5.92 Å². The Balaban J connectivity index is 1.89. The van der Waals surface area contributed by atoms with Gasteiger partial charge in [-0.3, -0.25) is 0 Å². The number of methoxy groups -OCH3 is 1. The summed E-state index contributed by atoms with van der Waals surface area (Å²) >= 11 is 0. The standard InChI is InChI=1S/C15H24N2O/c1-18-11-13-3-2-4-14(9-13)15(10-16)17-8-7-12-5-6-12/h2-4,9,12,15,17H,5-8,10-11,16H2,1H3. The Bertz CT molecular complexity index is 363. The molecule has 0 aromatic heterocycles. The Morgan fingerprint density at radius 1 is 1.44 bits per heavy atom. The number of rotatable bonds is 8. The number of hydrogen-bond donors (Lipinski definition) is 2. The zero-order valence-corrected chi connectivity index (χ0v) is 11.2. The maximum absolute atomic E-state index is 5.87. The number of ether oxygens (including phenoxy) is 1. The lowest BCUT2D eigenvalue weighted by atomic mass is 10.0. The zero-order chi connectivity index (χ0) is 12.8. The van der Waals surface area contributed by atoms with Crippen LogP contribution in [0.4, 0.5) is 0 Å². The third-order valence-corrected chi connectivity index (χ3v) is 3.54. The molecular weight excluding hydrogens is 224 g/mol. The van der Waals surface area contributed by atoms with Crippen molar-refractivity contribution >= 4 is 0 Å².